The number of aryl methyl sites for hydroxylation is 3. The van der Waals surface area contributed by atoms with Crippen LogP contribution >= 0.6 is 0 Å². The number of amides is 1. The number of carbonyl (C=O) groups excluding carboxylic acids is 1. The molecule has 0 bridgehead atoms. The Morgan fingerprint density at radius 1 is 1.08 bits per heavy atom. The van der Waals surface area contributed by atoms with Crippen molar-refractivity contribution in [3.63, 3.8) is 0 Å². The van der Waals surface area contributed by atoms with Crippen LogP contribution < -0.4 is 10.6 Å². The summed E-state index contributed by atoms with van der Waals surface area (Å²) >= 11 is 0. The number of hydrogen-bond acceptors (Lipinski definition) is 6. The number of anilines is 1. The van der Waals surface area contributed by atoms with Crippen molar-refractivity contribution in [3.8, 4) is 11.4 Å². The molecule has 0 aliphatic rings. The normalized spacial score (nSPS) is 12.1. The van der Waals surface area contributed by atoms with E-state index >= 15 is 0 Å². The van der Waals surface area contributed by atoms with E-state index in [2.05, 4.69) is 29.6 Å². The molecule has 3 heterocycles. The monoisotopic (exact) mass is 499 g/mol. The summed E-state index contributed by atoms with van der Waals surface area (Å²) in [5, 5.41) is 11.9. The smallest absolute Gasteiger partial charge is 0.254 e. The van der Waals surface area contributed by atoms with Crippen LogP contribution in [0.2, 0.25) is 0 Å². The second-order valence-corrected chi connectivity index (χ2v) is 9.71. The first-order chi connectivity index (χ1) is 17.7. The van der Waals surface area contributed by atoms with E-state index in [0.717, 1.165) is 57.9 Å². The molecule has 4 aromatic rings. The van der Waals surface area contributed by atoms with Crippen LogP contribution in [0.1, 0.15) is 46.7 Å². The third kappa shape index (κ3) is 5.64. The molecule has 0 saturated heterocycles. The molecule has 0 radical (unpaired) electrons. The van der Waals surface area contributed by atoms with E-state index in [1.54, 1.807) is 4.90 Å². The van der Waals surface area contributed by atoms with Gasteiger partial charge in [-0.05, 0) is 72.0 Å². The van der Waals surface area contributed by atoms with E-state index in [0.29, 0.717) is 23.8 Å². The first-order valence-electron chi connectivity index (χ1n) is 12.8. The van der Waals surface area contributed by atoms with Crippen molar-refractivity contribution in [1.29, 1.82) is 0 Å². The summed E-state index contributed by atoms with van der Waals surface area (Å²) in [5.41, 5.74) is 7.90. The number of benzene rings is 1. The van der Waals surface area contributed by atoms with E-state index in [4.69, 9.17) is 9.97 Å². The predicted octanol–water partition coefficient (Wildman–Crippen LogP) is 4.73. The zero-order valence-electron chi connectivity index (χ0n) is 22.9. The van der Waals surface area contributed by atoms with E-state index in [-0.39, 0.29) is 5.91 Å². The van der Waals surface area contributed by atoms with Gasteiger partial charge in [0, 0.05) is 49.4 Å². The predicted molar refractivity (Wildman–Crippen MR) is 150 cm³/mol. The second kappa shape index (κ2) is 11.1. The minimum Gasteiger partial charge on any atom is -0.382 e. The van der Waals surface area contributed by atoms with Gasteiger partial charge in [-0.2, -0.15) is 5.10 Å². The van der Waals surface area contributed by atoms with Gasteiger partial charge in [0.15, 0.2) is 0 Å². The lowest BCUT2D eigenvalue weighted by molar-refractivity contribution is 0.0787. The number of nitrogens with one attached hydrogen (secondary N) is 2. The summed E-state index contributed by atoms with van der Waals surface area (Å²) in [6, 6.07) is 12.2. The summed E-state index contributed by atoms with van der Waals surface area (Å²) in [5.74, 6) is -0.0565. The lowest BCUT2D eigenvalue weighted by Crippen LogP contribution is -2.29. The number of fused-ring (bicyclic) bond motifs is 1. The number of carbonyl (C=O) groups is 1. The van der Waals surface area contributed by atoms with Crippen molar-refractivity contribution in [1.82, 2.24) is 30.0 Å². The van der Waals surface area contributed by atoms with Crippen LogP contribution in [0.25, 0.3) is 22.3 Å². The fraction of sp³-hybridized carbons (Fsp3) is 0.379. The molecule has 0 aliphatic heterocycles. The Labute approximate surface area is 219 Å². The largest absolute Gasteiger partial charge is 0.382 e. The third-order valence-corrected chi connectivity index (χ3v) is 6.89. The van der Waals surface area contributed by atoms with Crippen molar-refractivity contribution < 1.29 is 4.79 Å². The fourth-order valence-corrected chi connectivity index (χ4v) is 4.40. The highest BCUT2D eigenvalue weighted by atomic mass is 16.2. The quantitative estimate of drug-likeness (QED) is 0.346. The molecule has 0 spiro atoms. The molecule has 194 valence electrons. The number of hydrogen-bond donors (Lipinski definition) is 2. The van der Waals surface area contributed by atoms with E-state index in [1.165, 1.54) is 0 Å². The van der Waals surface area contributed by atoms with E-state index in [9.17, 15) is 4.79 Å². The Kier molecular flexibility index (Phi) is 7.88. The molecule has 4 rings (SSSR count). The van der Waals surface area contributed by atoms with Crippen molar-refractivity contribution in [3.05, 3.63) is 70.7 Å². The fourth-order valence-electron chi connectivity index (χ4n) is 4.40. The Balaban J connectivity index is 1.70. The van der Waals surface area contributed by atoms with Crippen LogP contribution in [-0.2, 0) is 13.1 Å². The van der Waals surface area contributed by atoms with Crippen LogP contribution in [0.5, 0.6) is 0 Å². The standard InChI is InChI=1S/C29H37N7O/c1-8-36-21(5)22(16-32-36)17-35(7)29(37)24-14-28(34-26-10-9-18(2)13-23(24)26)27-12-11-25(20(4)33-27)31-15-19(3)30-6/h9-14,16,19,30-31H,8,15,17H2,1-7H3. The second-order valence-electron chi connectivity index (χ2n) is 9.71. The van der Waals surface area contributed by atoms with Gasteiger partial charge in [-0.1, -0.05) is 11.6 Å². The Morgan fingerprint density at radius 3 is 2.54 bits per heavy atom. The molecular weight excluding hydrogens is 462 g/mol. The minimum atomic E-state index is -0.0565. The molecule has 1 atom stereocenters. The van der Waals surface area contributed by atoms with Gasteiger partial charge in [-0.15, -0.1) is 0 Å². The average Bonchev–Trinajstić information content (AvgIpc) is 3.25. The van der Waals surface area contributed by atoms with Gasteiger partial charge in [0.05, 0.1) is 40.0 Å². The van der Waals surface area contributed by atoms with Gasteiger partial charge in [-0.25, -0.2) is 9.97 Å². The number of nitrogens with zero attached hydrogens (tertiary/aromatic N) is 5. The maximum Gasteiger partial charge on any atom is 0.254 e. The first-order valence-corrected chi connectivity index (χ1v) is 12.8. The molecule has 0 aliphatic carbocycles. The molecule has 37 heavy (non-hydrogen) atoms. The summed E-state index contributed by atoms with van der Waals surface area (Å²) in [4.78, 5) is 25.2. The average molecular weight is 500 g/mol. The van der Waals surface area contributed by atoms with Crippen molar-refractivity contribution in [2.75, 3.05) is 26.0 Å². The SMILES string of the molecule is CCn1ncc(CN(C)C(=O)c2cc(-c3ccc(NCC(C)NC)c(C)n3)nc3ccc(C)cc23)c1C. The molecular formula is C29H37N7O. The highest BCUT2D eigenvalue weighted by Crippen LogP contribution is 2.27. The number of pyridine rings is 2. The topological polar surface area (TPSA) is 88.0 Å². The van der Waals surface area contributed by atoms with Crippen molar-refractivity contribution >= 4 is 22.5 Å². The van der Waals surface area contributed by atoms with Gasteiger partial charge in [0.1, 0.15) is 0 Å². The van der Waals surface area contributed by atoms with Crippen LogP contribution in [0.4, 0.5) is 5.69 Å². The summed E-state index contributed by atoms with van der Waals surface area (Å²) < 4.78 is 1.95. The van der Waals surface area contributed by atoms with Crippen LogP contribution in [-0.4, -0.2) is 57.2 Å². The molecule has 0 saturated carbocycles. The maximum atomic E-state index is 13.8. The molecule has 1 amide bonds. The van der Waals surface area contributed by atoms with Crippen LogP contribution in [0.3, 0.4) is 0 Å². The third-order valence-electron chi connectivity index (χ3n) is 6.89. The molecule has 8 nitrogen and oxygen atoms in total. The molecule has 1 unspecified atom stereocenters. The van der Waals surface area contributed by atoms with Crippen LogP contribution in [0, 0.1) is 20.8 Å². The van der Waals surface area contributed by atoms with Crippen molar-refractivity contribution in [2.24, 2.45) is 0 Å². The number of rotatable bonds is 9. The highest BCUT2D eigenvalue weighted by molar-refractivity contribution is 6.07. The molecule has 3 aromatic heterocycles. The molecule has 8 heteroatoms. The Morgan fingerprint density at radius 2 is 1.86 bits per heavy atom. The molecule has 0 fully saturated rings. The molecule has 2 N–H and O–H groups in total. The van der Waals surface area contributed by atoms with Gasteiger partial charge in [0.2, 0.25) is 0 Å². The summed E-state index contributed by atoms with van der Waals surface area (Å²) in [6.07, 6.45) is 1.85. The summed E-state index contributed by atoms with van der Waals surface area (Å²) in [6.45, 7) is 12.3. The minimum absolute atomic E-state index is 0.0565. The van der Waals surface area contributed by atoms with Gasteiger partial charge in [0.25, 0.3) is 5.91 Å². The van der Waals surface area contributed by atoms with Crippen LogP contribution in [0.15, 0.2) is 42.6 Å². The molecule has 1 aromatic carbocycles. The maximum absolute atomic E-state index is 13.8. The summed E-state index contributed by atoms with van der Waals surface area (Å²) in [7, 11) is 3.78. The van der Waals surface area contributed by atoms with Gasteiger partial charge in [-0.3, -0.25) is 9.48 Å². The zero-order valence-corrected chi connectivity index (χ0v) is 22.9. The van der Waals surface area contributed by atoms with E-state index in [1.807, 2.05) is 82.1 Å². The Hall–Kier alpha value is -3.78. The zero-order chi connectivity index (χ0) is 26.7. The number of aromatic nitrogens is 4. The highest BCUT2D eigenvalue weighted by Gasteiger charge is 2.20. The van der Waals surface area contributed by atoms with Crippen molar-refractivity contribution in [2.45, 2.75) is 53.8 Å². The van der Waals surface area contributed by atoms with Gasteiger partial charge < -0.3 is 15.5 Å². The lowest BCUT2D eigenvalue weighted by Gasteiger charge is -2.19. The first kappa shape index (κ1) is 26.3. The Bertz CT molecular complexity index is 1430. The van der Waals surface area contributed by atoms with Gasteiger partial charge >= 0.3 is 0 Å². The lowest BCUT2D eigenvalue weighted by atomic mass is 10.0. The van der Waals surface area contributed by atoms with E-state index < -0.39 is 0 Å². The number of likely N-dealkylation sites (N-methyl/N-ethyl adjacent to an activating group) is 1.